The van der Waals surface area contributed by atoms with Crippen LogP contribution < -0.4 is 6.15 Å². The second-order valence-electron chi connectivity index (χ2n) is 5.22. The van der Waals surface area contributed by atoms with E-state index >= 15 is 0 Å². The maximum Gasteiger partial charge on any atom is 0.317 e. The lowest BCUT2D eigenvalue weighted by atomic mass is 10.4. The van der Waals surface area contributed by atoms with Crippen molar-refractivity contribution in [2.24, 2.45) is 0 Å². The van der Waals surface area contributed by atoms with Gasteiger partial charge >= 0.3 is 23.9 Å². The summed E-state index contributed by atoms with van der Waals surface area (Å²) in [5.41, 5.74) is 0. The number of quaternary nitrogens is 1. The Balaban J connectivity index is 0. The summed E-state index contributed by atoms with van der Waals surface area (Å²) in [6, 6.07) is 0. The van der Waals surface area contributed by atoms with E-state index in [1.165, 1.54) is 9.80 Å². The number of aliphatic carboxylic acids is 4. The fourth-order valence-corrected chi connectivity index (χ4v) is 1.90. The van der Waals surface area contributed by atoms with Gasteiger partial charge in [-0.15, -0.1) is 0 Å². The van der Waals surface area contributed by atoms with Crippen molar-refractivity contribution < 1.29 is 49.1 Å². The molecule has 0 aliphatic rings. The summed E-state index contributed by atoms with van der Waals surface area (Å²) in [5, 5.41) is 34.7. The van der Waals surface area contributed by atoms with Crippen LogP contribution in [-0.4, -0.2) is 120 Å². The van der Waals surface area contributed by atoms with Crippen LogP contribution in [0.4, 0.5) is 0 Å². The Morgan fingerprint density at radius 1 is 0.556 bits per heavy atom. The lowest BCUT2D eigenvalue weighted by Crippen LogP contribution is -2.37. The number of carboxylic acid groups (broad SMARTS) is 4. The summed E-state index contributed by atoms with van der Waals surface area (Å²) < 4.78 is 10.4. The average Bonchev–Trinajstić information content (AvgIpc) is 2.47. The molecule has 0 bridgehead atoms. The highest BCUT2D eigenvalue weighted by atomic mass is 16.5. The van der Waals surface area contributed by atoms with Crippen LogP contribution in [0.25, 0.3) is 0 Å². The van der Waals surface area contributed by atoms with Crippen molar-refractivity contribution in [2.45, 2.75) is 0 Å². The molecule has 0 radical (unpaired) electrons. The summed E-state index contributed by atoms with van der Waals surface area (Å²) in [5.74, 6) is -4.55. The summed E-state index contributed by atoms with van der Waals surface area (Å²) in [6.45, 7) is -0.790. The molecule has 0 aromatic carbocycles. The van der Waals surface area contributed by atoms with E-state index in [4.69, 9.17) is 29.9 Å². The molecule has 0 aromatic heterocycles. The number of hydrogen-bond donors (Lipinski definition) is 5. The van der Waals surface area contributed by atoms with Crippen molar-refractivity contribution in [1.82, 2.24) is 16.0 Å². The lowest BCUT2D eigenvalue weighted by molar-refractivity contribution is -0.144. The summed E-state index contributed by atoms with van der Waals surface area (Å²) in [4.78, 5) is 44.9. The molecule has 0 unspecified atom stereocenters. The first-order valence-corrected chi connectivity index (χ1v) is 7.68. The van der Waals surface area contributed by atoms with Gasteiger partial charge in [0.05, 0.1) is 52.6 Å². The van der Waals surface area contributed by atoms with Crippen molar-refractivity contribution in [3.63, 3.8) is 0 Å². The van der Waals surface area contributed by atoms with E-state index in [-0.39, 0.29) is 45.7 Å². The molecular formula is C14H28N3O10+. The van der Waals surface area contributed by atoms with Gasteiger partial charge in [0.15, 0.2) is 0 Å². The van der Waals surface area contributed by atoms with Gasteiger partial charge < -0.3 is 36.1 Å². The van der Waals surface area contributed by atoms with Crippen LogP contribution in [0.2, 0.25) is 0 Å². The Kier molecular flexibility index (Phi) is 15.8. The predicted molar refractivity (Wildman–Crippen MR) is 91.0 cm³/mol. The van der Waals surface area contributed by atoms with Crippen LogP contribution in [0.15, 0.2) is 0 Å². The smallest absolute Gasteiger partial charge is 0.317 e. The molecule has 0 aromatic rings. The number of carbonyl (C=O) groups is 4. The number of hydrogen-bond acceptors (Lipinski definition) is 8. The molecule has 8 N–H and O–H groups in total. The first-order chi connectivity index (χ1) is 12.2. The van der Waals surface area contributed by atoms with Crippen molar-refractivity contribution in [2.75, 3.05) is 65.7 Å². The van der Waals surface area contributed by atoms with E-state index in [1.54, 1.807) is 0 Å². The molecule has 0 saturated heterocycles. The molecule has 0 atom stereocenters. The topological polar surface area (TPSA) is 211 Å². The van der Waals surface area contributed by atoms with Gasteiger partial charge in [-0.3, -0.25) is 29.0 Å². The van der Waals surface area contributed by atoms with Crippen molar-refractivity contribution in [1.29, 1.82) is 0 Å². The third-order valence-electron chi connectivity index (χ3n) is 2.91. The van der Waals surface area contributed by atoms with Gasteiger partial charge in [-0.1, -0.05) is 0 Å². The van der Waals surface area contributed by atoms with Crippen molar-refractivity contribution in [3.05, 3.63) is 0 Å². The Morgan fingerprint density at radius 3 is 1.04 bits per heavy atom. The minimum absolute atomic E-state index is 0. The Bertz CT molecular complexity index is 400. The highest BCUT2D eigenvalue weighted by Gasteiger charge is 2.14. The molecular weight excluding hydrogens is 370 g/mol. The van der Waals surface area contributed by atoms with Crippen LogP contribution in [-0.2, 0) is 28.7 Å². The van der Waals surface area contributed by atoms with E-state index in [0.29, 0.717) is 0 Å². The van der Waals surface area contributed by atoms with Gasteiger partial charge in [-0.2, -0.15) is 0 Å². The molecule has 0 aliphatic carbocycles. The van der Waals surface area contributed by atoms with Gasteiger partial charge in [0.25, 0.3) is 0 Å². The van der Waals surface area contributed by atoms with Gasteiger partial charge in [0.1, 0.15) is 0 Å². The van der Waals surface area contributed by atoms with Gasteiger partial charge in [0, 0.05) is 13.1 Å². The van der Waals surface area contributed by atoms with Gasteiger partial charge in [-0.05, 0) is 0 Å². The average molecular weight is 398 g/mol. The molecule has 13 heteroatoms. The molecule has 0 saturated carbocycles. The van der Waals surface area contributed by atoms with Crippen LogP contribution in [0.3, 0.4) is 0 Å². The molecule has 158 valence electrons. The van der Waals surface area contributed by atoms with E-state index < -0.39 is 50.1 Å². The maximum atomic E-state index is 10.6. The normalized spacial score (nSPS) is 10.6. The number of ether oxygens (including phenoxy) is 2. The molecule has 0 rings (SSSR count). The summed E-state index contributed by atoms with van der Waals surface area (Å²) >= 11 is 0. The highest BCUT2D eigenvalue weighted by Crippen LogP contribution is 1.92. The molecule has 0 aliphatic heterocycles. The summed E-state index contributed by atoms with van der Waals surface area (Å²) in [6.07, 6.45) is 0. The standard InChI is InChI=1S/C14H24N2O10.H3N/c17-11(18)7-15(8-12(19)20)1-3-25-5-6-26-4-2-16(9-13(21)22)10-14(23)24;/h1-10H2,(H,17,18)(H,19,20)(H,21,22)(H,23,24);1H3/p+1. The second kappa shape index (κ2) is 15.9. The second-order valence-corrected chi connectivity index (χ2v) is 5.22. The zero-order chi connectivity index (χ0) is 19.9. The van der Waals surface area contributed by atoms with Crippen LogP contribution in [0.5, 0.6) is 0 Å². The van der Waals surface area contributed by atoms with Crippen molar-refractivity contribution >= 4 is 23.9 Å². The number of rotatable bonds is 17. The van der Waals surface area contributed by atoms with Gasteiger partial charge in [0.2, 0.25) is 0 Å². The molecule has 27 heavy (non-hydrogen) atoms. The zero-order valence-electron chi connectivity index (χ0n) is 15.2. The van der Waals surface area contributed by atoms with E-state index in [2.05, 4.69) is 0 Å². The monoisotopic (exact) mass is 398 g/mol. The zero-order valence-corrected chi connectivity index (χ0v) is 15.2. The van der Waals surface area contributed by atoms with E-state index in [1.807, 2.05) is 0 Å². The quantitative estimate of drug-likeness (QED) is 0.174. The van der Waals surface area contributed by atoms with E-state index in [0.717, 1.165) is 0 Å². The molecule has 0 amide bonds. The van der Waals surface area contributed by atoms with Gasteiger partial charge in [-0.25, -0.2) is 0 Å². The fraction of sp³-hybridized carbons (Fsp3) is 0.714. The van der Waals surface area contributed by atoms with Crippen LogP contribution in [0, 0.1) is 0 Å². The first-order valence-electron chi connectivity index (χ1n) is 7.68. The number of nitrogens with zero attached hydrogens (tertiary/aromatic N) is 2. The van der Waals surface area contributed by atoms with E-state index in [9.17, 15) is 19.2 Å². The third kappa shape index (κ3) is 18.3. The Hall–Kier alpha value is -2.32. The predicted octanol–water partition coefficient (Wildman–Crippen LogP) is -1.66. The largest absolute Gasteiger partial charge is 0.480 e. The first kappa shape index (κ1) is 26.9. The van der Waals surface area contributed by atoms with Crippen LogP contribution in [0.1, 0.15) is 0 Å². The maximum absolute atomic E-state index is 10.6. The fourth-order valence-electron chi connectivity index (χ4n) is 1.90. The van der Waals surface area contributed by atoms with Crippen molar-refractivity contribution in [3.8, 4) is 0 Å². The van der Waals surface area contributed by atoms with Crippen LogP contribution >= 0.6 is 0 Å². The SMILES string of the molecule is O=C(O)CN(CCOCCOCCN(CC(=O)O)CC(=O)O)CC(=O)O.[NH4+]. The minimum Gasteiger partial charge on any atom is -0.480 e. The highest BCUT2D eigenvalue weighted by molar-refractivity contribution is 5.73. The molecule has 0 spiro atoms. The molecule has 0 fully saturated rings. The Morgan fingerprint density at radius 2 is 0.815 bits per heavy atom. The summed E-state index contributed by atoms with van der Waals surface area (Å²) in [7, 11) is 0. The third-order valence-corrected chi connectivity index (χ3v) is 2.91. The molecule has 0 heterocycles. The lowest BCUT2D eigenvalue weighted by Gasteiger charge is -2.18. The minimum atomic E-state index is -1.14. The molecule has 13 nitrogen and oxygen atoms in total. The number of carboxylic acids is 4. The Labute approximate surface area is 155 Å².